The summed E-state index contributed by atoms with van der Waals surface area (Å²) in [7, 11) is -1.70. The molecule has 1 aromatic rings. The maximum atomic E-state index is 12.1. The van der Waals surface area contributed by atoms with Gasteiger partial charge in [0.15, 0.2) is 4.90 Å². The fraction of sp³-hybridized carbons (Fsp3) is 0.545. The fourth-order valence-corrected chi connectivity index (χ4v) is 3.17. The van der Waals surface area contributed by atoms with E-state index in [0.717, 1.165) is 10.8 Å². The lowest BCUT2D eigenvalue weighted by atomic mass is 10.1. The Balaban J connectivity index is 2.35. The number of rotatable bonds is 5. The van der Waals surface area contributed by atoms with Crippen molar-refractivity contribution in [2.45, 2.75) is 17.7 Å². The van der Waals surface area contributed by atoms with Crippen LogP contribution in [0.3, 0.4) is 0 Å². The topological polar surface area (TPSA) is 127 Å². The molecule has 0 radical (unpaired) electrons. The van der Waals surface area contributed by atoms with Gasteiger partial charge in [0.05, 0.1) is 5.41 Å². The van der Waals surface area contributed by atoms with Gasteiger partial charge in [0.25, 0.3) is 5.56 Å². The Hall–Kier alpha value is -1.94. The van der Waals surface area contributed by atoms with Gasteiger partial charge in [0.2, 0.25) is 10.0 Å². The molecule has 1 aliphatic rings. The summed E-state index contributed by atoms with van der Waals surface area (Å²) in [5.74, 6) is -1.07. The second-order valence-corrected chi connectivity index (χ2v) is 6.90. The Morgan fingerprint density at radius 1 is 1.38 bits per heavy atom. The summed E-state index contributed by atoms with van der Waals surface area (Å²) in [4.78, 5) is 33.8. The molecule has 116 valence electrons. The summed E-state index contributed by atoms with van der Waals surface area (Å²) >= 11 is 0. The van der Waals surface area contributed by atoms with Crippen LogP contribution in [0.1, 0.15) is 12.8 Å². The van der Waals surface area contributed by atoms with Crippen molar-refractivity contribution in [2.75, 3.05) is 6.54 Å². The third-order valence-electron chi connectivity index (χ3n) is 3.61. The van der Waals surface area contributed by atoms with E-state index in [1.807, 2.05) is 0 Å². The quantitative estimate of drug-likeness (QED) is 0.661. The van der Waals surface area contributed by atoms with E-state index in [1.165, 1.54) is 14.1 Å². The molecule has 0 saturated heterocycles. The maximum absolute atomic E-state index is 12.1. The van der Waals surface area contributed by atoms with Crippen molar-refractivity contribution in [2.24, 2.45) is 19.5 Å². The average molecular weight is 317 g/mol. The van der Waals surface area contributed by atoms with Crippen LogP contribution in [0, 0.1) is 5.41 Å². The summed E-state index contributed by atoms with van der Waals surface area (Å²) in [6, 6.07) is 0. The monoisotopic (exact) mass is 317 g/mol. The first-order chi connectivity index (χ1) is 9.61. The zero-order chi connectivity index (χ0) is 16.0. The van der Waals surface area contributed by atoms with Crippen LogP contribution >= 0.6 is 0 Å². The molecule has 1 saturated carbocycles. The Bertz CT molecular complexity index is 815. The molecule has 2 N–H and O–H groups in total. The lowest BCUT2D eigenvalue weighted by Crippen LogP contribution is -2.42. The number of aryl methyl sites for hydroxylation is 1. The molecule has 9 nitrogen and oxygen atoms in total. The normalized spacial score (nSPS) is 16.7. The molecule has 0 aliphatic heterocycles. The fourth-order valence-electron chi connectivity index (χ4n) is 1.89. The number of nitrogens with zero attached hydrogens (tertiary/aromatic N) is 2. The second kappa shape index (κ2) is 4.81. The van der Waals surface area contributed by atoms with Gasteiger partial charge in [-0.05, 0) is 12.8 Å². The number of carbonyl (C=O) groups is 1. The number of aromatic nitrogens is 2. The van der Waals surface area contributed by atoms with E-state index in [9.17, 15) is 22.8 Å². The van der Waals surface area contributed by atoms with Crippen molar-refractivity contribution in [3.63, 3.8) is 0 Å². The van der Waals surface area contributed by atoms with E-state index in [1.54, 1.807) is 0 Å². The van der Waals surface area contributed by atoms with E-state index < -0.39 is 37.6 Å². The number of aliphatic carboxylic acids is 1. The number of hydrogen-bond donors (Lipinski definition) is 2. The predicted molar refractivity (Wildman–Crippen MR) is 71.4 cm³/mol. The largest absolute Gasteiger partial charge is 0.481 e. The third kappa shape index (κ3) is 2.63. The third-order valence-corrected chi connectivity index (χ3v) is 5.00. The SMILES string of the molecule is Cn1cc(S(=O)(=O)NCC2(C(=O)O)CC2)c(=O)n(C)c1=O. The molecule has 1 aliphatic carbocycles. The van der Waals surface area contributed by atoms with Crippen molar-refractivity contribution in [3.05, 3.63) is 27.0 Å². The first-order valence-corrected chi connectivity index (χ1v) is 7.59. The van der Waals surface area contributed by atoms with Crippen molar-refractivity contribution in [1.29, 1.82) is 0 Å². The van der Waals surface area contributed by atoms with Crippen LogP contribution in [-0.4, -0.2) is 35.2 Å². The van der Waals surface area contributed by atoms with Crippen molar-refractivity contribution >= 4 is 16.0 Å². The van der Waals surface area contributed by atoms with Crippen LogP contribution < -0.4 is 16.0 Å². The molecule has 1 aromatic heterocycles. The lowest BCUT2D eigenvalue weighted by molar-refractivity contribution is -0.143. The van der Waals surface area contributed by atoms with Crippen molar-refractivity contribution in [3.8, 4) is 0 Å². The highest BCUT2D eigenvalue weighted by atomic mass is 32.2. The maximum Gasteiger partial charge on any atom is 0.330 e. The zero-order valence-electron chi connectivity index (χ0n) is 11.5. The summed E-state index contributed by atoms with van der Waals surface area (Å²) in [5.41, 5.74) is -2.69. The average Bonchev–Trinajstić information content (AvgIpc) is 3.19. The second-order valence-electron chi connectivity index (χ2n) is 5.16. The molecule has 2 rings (SSSR count). The highest BCUT2D eigenvalue weighted by Gasteiger charge is 2.50. The van der Waals surface area contributed by atoms with Gasteiger partial charge in [0.1, 0.15) is 0 Å². The molecule has 1 heterocycles. The minimum atomic E-state index is -4.19. The van der Waals surface area contributed by atoms with E-state index >= 15 is 0 Å². The highest BCUT2D eigenvalue weighted by Crippen LogP contribution is 2.45. The van der Waals surface area contributed by atoms with Crippen LogP contribution in [0.4, 0.5) is 0 Å². The van der Waals surface area contributed by atoms with Gasteiger partial charge in [0, 0.05) is 26.8 Å². The molecule has 0 atom stereocenters. The van der Waals surface area contributed by atoms with Crippen LogP contribution in [0.2, 0.25) is 0 Å². The molecule has 0 bridgehead atoms. The minimum Gasteiger partial charge on any atom is -0.481 e. The van der Waals surface area contributed by atoms with Crippen molar-refractivity contribution < 1.29 is 18.3 Å². The Morgan fingerprint density at radius 3 is 2.43 bits per heavy atom. The lowest BCUT2D eigenvalue weighted by Gasteiger charge is -2.12. The van der Waals surface area contributed by atoms with Gasteiger partial charge in [-0.1, -0.05) is 0 Å². The molecule has 1 fully saturated rings. The van der Waals surface area contributed by atoms with Crippen LogP contribution in [0.15, 0.2) is 20.7 Å². The van der Waals surface area contributed by atoms with E-state index in [-0.39, 0.29) is 6.54 Å². The molecule has 0 aromatic carbocycles. The molecule has 0 spiro atoms. The van der Waals surface area contributed by atoms with Gasteiger partial charge >= 0.3 is 11.7 Å². The van der Waals surface area contributed by atoms with E-state index in [0.29, 0.717) is 17.4 Å². The molecule has 0 amide bonds. The smallest absolute Gasteiger partial charge is 0.330 e. The minimum absolute atomic E-state index is 0.281. The summed E-state index contributed by atoms with van der Waals surface area (Å²) in [5, 5.41) is 9.00. The Kier molecular flexibility index (Phi) is 3.54. The molecular weight excluding hydrogens is 302 g/mol. The number of sulfonamides is 1. The van der Waals surface area contributed by atoms with E-state index in [2.05, 4.69) is 4.72 Å². The Labute approximate surface area is 119 Å². The summed E-state index contributed by atoms with van der Waals surface area (Å²) in [6.07, 6.45) is 1.69. The molecular formula is C11H15N3O6S. The standard InChI is InChI=1S/C11H15N3O6S/c1-13-5-7(8(15)14(2)10(13)18)21(19,20)12-6-11(3-4-11)9(16)17/h5,12H,3-4,6H2,1-2H3,(H,16,17). The first kappa shape index (κ1) is 15.4. The molecule has 0 unspecified atom stereocenters. The predicted octanol–water partition coefficient (Wildman–Crippen LogP) is -1.77. The highest BCUT2D eigenvalue weighted by molar-refractivity contribution is 7.89. The number of nitrogens with one attached hydrogen (secondary N) is 1. The number of hydrogen-bond acceptors (Lipinski definition) is 5. The van der Waals surface area contributed by atoms with Gasteiger partial charge in [-0.25, -0.2) is 17.9 Å². The van der Waals surface area contributed by atoms with Crippen LogP contribution in [0.25, 0.3) is 0 Å². The Morgan fingerprint density at radius 2 is 1.95 bits per heavy atom. The number of carboxylic acids is 1. The molecule has 21 heavy (non-hydrogen) atoms. The van der Waals surface area contributed by atoms with Gasteiger partial charge in [-0.15, -0.1) is 0 Å². The summed E-state index contributed by atoms with van der Waals surface area (Å²) < 4.78 is 28.1. The van der Waals surface area contributed by atoms with Crippen LogP contribution in [-0.2, 0) is 28.9 Å². The van der Waals surface area contributed by atoms with Gasteiger partial charge in [-0.3, -0.25) is 14.2 Å². The van der Waals surface area contributed by atoms with Crippen molar-refractivity contribution in [1.82, 2.24) is 13.9 Å². The van der Waals surface area contributed by atoms with Gasteiger partial charge < -0.3 is 9.67 Å². The first-order valence-electron chi connectivity index (χ1n) is 6.10. The van der Waals surface area contributed by atoms with E-state index in [4.69, 9.17) is 5.11 Å². The zero-order valence-corrected chi connectivity index (χ0v) is 12.3. The van der Waals surface area contributed by atoms with Crippen LogP contribution in [0.5, 0.6) is 0 Å². The molecule has 10 heteroatoms. The summed E-state index contributed by atoms with van der Waals surface area (Å²) in [6.45, 7) is -0.281. The van der Waals surface area contributed by atoms with Gasteiger partial charge in [-0.2, -0.15) is 0 Å². The number of carboxylic acid groups (broad SMARTS) is 1.